The molecule has 1 N–H and O–H groups in total. The van der Waals surface area contributed by atoms with Crippen molar-refractivity contribution in [3.63, 3.8) is 0 Å². The highest BCUT2D eigenvalue weighted by Crippen LogP contribution is 2.16. The Balaban J connectivity index is 1.69. The fourth-order valence-electron chi connectivity index (χ4n) is 2.67. The molecular formula is C22H24FN3O2S. The van der Waals surface area contributed by atoms with Gasteiger partial charge in [-0.2, -0.15) is 17.0 Å². The lowest BCUT2D eigenvalue weighted by molar-refractivity contribution is -0.125. The van der Waals surface area contributed by atoms with E-state index in [1.54, 1.807) is 23.1 Å². The number of thioether (sulfide) groups is 1. The Hall–Kier alpha value is -2.85. The molecule has 0 saturated carbocycles. The average Bonchev–Trinajstić information content (AvgIpc) is 2.74. The van der Waals surface area contributed by atoms with Crippen molar-refractivity contribution in [1.29, 1.82) is 5.26 Å². The van der Waals surface area contributed by atoms with Crippen LogP contribution in [-0.2, 0) is 15.3 Å². The highest BCUT2D eigenvalue weighted by Gasteiger charge is 2.16. The van der Waals surface area contributed by atoms with Gasteiger partial charge in [0.05, 0.1) is 12.5 Å². The second-order valence-electron chi connectivity index (χ2n) is 6.28. The molecule has 0 unspecified atom stereocenters. The Morgan fingerprint density at radius 3 is 2.52 bits per heavy atom. The quantitative estimate of drug-likeness (QED) is 0.567. The molecule has 7 heteroatoms. The standard InChI is InChI=1S/C22H24FN3O2S/c23-20-10-5-4-7-18(20)17-29-16-14-25-21(27)11-12-22(28)26(15-6-13-24)19-8-2-1-3-9-19/h1-5,7-10H,6,11-12,14-17H2,(H,25,27). The van der Waals surface area contributed by atoms with Gasteiger partial charge in [-0.3, -0.25) is 9.59 Å². The summed E-state index contributed by atoms with van der Waals surface area (Å²) in [6.45, 7) is 0.761. The summed E-state index contributed by atoms with van der Waals surface area (Å²) in [6.07, 6.45) is 0.396. The highest BCUT2D eigenvalue weighted by atomic mass is 32.2. The van der Waals surface area contributed by atoms with Gasteiger partial charge in [-0.1, -0.05) is 36.4 Å². The number of anilines is 1. The molecule has 0 heterocycles. The summed E-state index contributed by atoms with van der Waals surface area (Å²) in [6, 6.07) is 17.8. The van der Waals surface area contributed by atoms with Crippen molar-refractivity contribution in [3.8, 4) is 6.07 Å². The third kappa shape index (κ3) is 7.96. The van der Waals surface area contributed by atoms with E-state index in [0.29, 0.717) is 30.2 Å². The smallest absolute Gasteiger partial charge is 0.227 e. The molecule has 2 amide bonds. The van der Waals surface area contributed by atoms with Crippen LogP contribution in [0.25, 0.3) is 0 Å². The molecule has 0 aliphatic heterocycles. The van der Waals surface area contributed by atoms with E-state index in [1.165, 1.54) is 17.8 Å². The number of rotatable bonds is 11. The Bertz CT molecular complexity index is 839. The van der Waals surface area contributed by atoms with E-state index in [1.807, 2.05) is 36.4 Å². The Morgan fingerprint density at radius 1 is 1.07 bits per heavy atom. The third-order valence-electron chi connectivity index (χ3n) is 4.17. The van der Waals surface area contributed by atoms with Gasteiger partial charge in [-0.15, -0.1) is 0 Å². The fraction of sp³-hybridized carbons (Fsp3) is 0.318. The molecule has 0 saturated heterocycles. The first-order valence-corrected chi connectivity index (χ1v) is 10.6. The number of carbonyl (C=O) groups is 2. The van der Waals surface area contributed by atoms with Crippen LogP contribution in [0.3, 0.4) is 0 Å². The average molecular weight is 414 g/mol. The van der Waals surface area contributed by atoms with E-state index >= 15 is 0 Å². The predicted octanol–water partition coefficient (Wildman–Crippen LogP) is 3.90. The number of hydrogen-bond acceptors (Lipinski definition) is 4. The zero-order valence-corrected chi connectivity index (χ0v) is 17.0. The minimum Gasteiger partial charge on any atom is -0.355 e. The van der Waals surface area contributed by atoms with Crippen LogP contribution in [0.2, 0.25) is 0 Å². The van der Waals surface area contributed by atoms with Crippen LogP contribution in [0, 0.1) is 17.1 Å². The molecule has 5 nitrogen and oxygen atoms in total. The van der Waals surface area contributed by atoms with Crippen molar-refractivity contribution >= 4 is 29.3 Å². The van der Waals surface area contributed by atoms with Crippen molar-refractivity contribution in [3.05, 3.63) is 66.0 Å². The van der Waals surface area contributed by atoms with Crippen molar-refractivity contribution in [2.24, 2.45) is 0 Å². The third-order valence-corrected chi connectivity index (χ3v) is 5.17. The molecule has 2 rings (SSSR count). The molecule has 0 atom stereocenters. The second-order valence-corrected chi connectivity index (χ2v) is 7.39. The number of benzene rings is 2. The van der Waals surface area contributed by atoms with E-state index in [4.69, 9.17) is 5.26 Å². The maximum absolute atomic E-state index is 13.5. The lowest BCUT2D eigenvalue weighted by Gasteiger charge is -2.21. The van der Waals surface area contributed by atoms with E-state index in [0.717, 1.165) is 5.69 Å². The largest absolute Gasteiger partial charge is 0.355 e. The van der Waals surface area contributed by atoms with Gasteiger partial charge < -0.3 is 10.2 Å². The van der Waals surface area contributed by atoms with Crippen LogP contribution in [0.4, 0.5) is 10.1 Å². The Kier molecular flexibility index (Phi) is 9.73. The minimum absolute atomic E-state index is 0.0779. The van der Waals surface area contributed by atoms with Gasteiger partial charge in [-0.05, 0) is 23.8 Å². The molecular weight excluding hydrogens is 389 g/mol. The second kappa shape index (κ2) is 12.6. The summed E-state index contributed by atoms with van der Waals surface area (Å²) >= 11 is 1.54. The van der Waals surface area contributed by atoms with Gasteiger partial charge in [0.15, 0.2) is 0 Å². The maximum Gasteiger partial charge on any atom is 0.227 e. The zero-order chi connectivity index (χ0) is 20.9. The predicted molar refractivity (Wildman–Crippen MR) is 114 cm³/mol. The number of halogens is 1. The minimum atomic E-state index is -0.220. The molecule has 0 aliphatic carbocycles. The number of hydrogen-bond donors (Lipinski definition) is 1. The SMILES string of the molecule is N#CCCN(C(=O)CCC(=O)NCCSCc1ccccc1F)c1ccccc1. The number of nitrogens with zero attached hydrogens (tertiary/aromatic N) is 2. The number of nitrogens with one attached hydrogen (secondary N) is 1. The van der Waals surface area contributed by atoms with Gasteiger partial charge >= 0.3 is 0 Å². The lowest BCUT2D eigenvalue weighted by atomic mass is 10.2. The summed E-state index contributed by atoms with van der Waals surface area (Å²) < 4.78 is 13.5. The molecule has 152 valence electrons. The van der Waals surface area contributed by atoms with E-state index in [2.05, 4.69) is 5.32 Å². The first-order valence-electron chi connectivity index (χ1n) is 9.42. The molecule has 2 aromatic rings. The van der Waals surface area contributed by atoms with Crippen molar-refractivity contribution in [2.75, 3.05) is 23.7 Å². The molecule has 0 bridgehead atoms. The molecule has 0 radical (unpaired) electrons. The molecule has 0 fully saturated rings. The number of nitriles is 1. The molecule has 0 aromatic heterocycles. The molecule has 0 spiro atoms. The van der Waals surface area contributed by atoms with Crippen molar-refractivity contribution in [2.45, 2.75) is 25.0 Å². The van der Waals surface area contributed by atoms with Crippen molar-refractivity contribution in [1.82, 2.24) is 5.32 Å². The van der Waals surface area contributed by atoms with E-state index in [-0.39, 0.29) is 36.9 Å². The van der Waals surface area contributed by atoms with Crippen LogP contribution < -0.4 is 10.2 Å². The fourth-order valence-corrected chi connectivity index (χ4v) is 3.52. The van der Waals surface area contributed by atoms with E-state index in [9.17, 15) is 14.0 Å². The van der Waals surface area contributed by atoms with Crippen molar-refractivity contribution < 1.29 is 14.0 Å². The summed E-state index contributed by atoms with van der Waals surface area (Å²) in [7, 11) is 0. The van der Waals surface area contributed by atoms with Crippen LogP contribution in [0.1, 0.15) is 24.8 Å². The summed E-state index contributed by atoms with van der Waals surface area (Å²) in [5, 5.41) is 11.6. The first kappa shape index (κ1) is 22.4. The van der Waals surface area contributed by atoms with Crippen LogP contribution in [-0.4, -0.2) is 30.7 Å². The van der Waals surface area contributed by atoms with Gasteiger partial charge in [0, 0.05) is 43.1 Å². The maximum atomic E-state index is 13.5. The summed E-state index contributed by atoms with van der Waals surface area (Å²) in [5.74, 6) is 0.605. The number of para-hydroxylation sites is 1. The molecule has 29 heavy (non-hydrogen) atoms. The monoisotopic (exact) mass is 413 g/mol. The zero-order valence-electron chi connectivity index (χ0n) is 16.1. The summed E-state index contributed by atoms with van der Waals surface area (Å²) in [4.78, 5) is 26.1. The normalized spacial score (nSPS) is 10.2. The van der Waals surface area contributed by atoms with Gasteiger partial charge in [-0.25, -0.2) is 4.39 Å². The van der Waals surface area contributed by atoms with Crippen LogP contribution in [0.5, 0.6) is 0 Å². The van der Waals surface area contributed by atoms with Gasteiger partial charge in [0.1, 0.15) is 5.82 Å². The molecule has 2 aromatic carbocycles. The highest BCUT2D eigenvalue weighted by molar-refractivity contribution is 7.98. The first-order chi connectivity index (χ1) is 14.1. The lowest BCUT2D eigenvalue weighted by Crippen LogP contribution is -2.33. The van der Waals surface area contributed by atoms with E-state index < -0.39 is 0 Å². The Morgan fingerprint density at radius 2 is 1.79 bits per heavy atom. The van der Waals surface area contributed by atoms with Gasteiger partial charge in [0.25, 0.3) is 0 Å². The van der Waals surface area contributed by atoms with Gasteiger partial charge in [0.2, 0.25) is 11.8 Å². The van der Waals surface area contributed by atoms with Crippen LogP contribution in [0.15, 0.2) is 54.6 Å². The summed E-state index contributed by atoms with van der Waals surface area (Å²) in [5.41, 5.74) is 1.37. The topological polar surface area (TPSA) is 73.2 Å². The van der Waals surface area contributed by atoms with Crippen LogP contribution >= 0.6 is 11.8 Å². The number of carbonyl (C=O) groups excluding carboxylic acids is 2. The molecule has 0 aliphatic rings. The number of amides is 2. The Labute approximate surface area is 174 Å².